The molecule has 1 atom stereocenters. The predicted octanol–water partition coefficient (Wildman–Crippen LogP) is 2.27. The van der Waals surface area contributed by atoms with E-state index in [1.54, 1.807) is 11.8 Å². The summed E-state index contributed by atoms with van der Waals surface area (Å²) in [4.78, 5) is 25.9. The summed E-state index contributed by atoms with van der Waals surface area (Å²) in [6, 6.07) is 7.47. The zero-order chi connectivity index (χ0) is 14.5. The number of rotatable bonds is 5. The molecular weight excluding hydrogens is 252 g/mol. The van der Waals surface area contributed by atoms with Crippen LogP contribution in [0.4, 0.5) is 5.69 Å². The Morgan fingerprint density at radius 3 is 2.85 bits per heavy atom. The van der Waals surface area contributed by atoms with Crippen LogP contribution in [-0.4, -0.2) is 24.4 Å². The van der Waals surface area contributed by atoms with Crippen LogP contribution in [0.15, 0.2) is 24.3 Å². The molecule has 0 fully saturated rings. The topological polar surface area (TPSA) is 49.4 Å². The number of nitrogens with one attached hydrogen (secondary N) is 1. The summed E-state index contributed by atoms with van der Waals surface area (Å²) in [5.74, 6) is -0.0695. The van der Waals surface area contributed by atoms with Crippen LogP contribution in [0.2, 0.25) is 0 Å². The first kappa shape index (κ1) is 14.6. The van der Waals surface area contributed by atoms with Crippen LogP contribution in [-0.2, 0) is 16.0 Å². The third kappa shape index (κ3) is 3.18. The van der Waals surface area contributed by atoms with E-state index >= 15 is 0 Å². The van der Waals surface area contributed by atoms with Crippen molar-refractivity contribution in [1.82, 2.24) is 5.32 Å². The largest absolute Gasteiger partial charge is 0.345 e. The SMILES string of the molecule is CCCCC(=O)N[C@@H](C)C(=O)N1CCc2ccccc21. The monoisotopic (exact) mass is 274 g/mol. The molecule has 0 spiro atoms. The van der Waals surface area contributed by atoms with Gasteiger partial charge in [0.05, 0.1) is 0 Å². The van der Waals surface area contributed by atoms with Gasteiger partial charge in [-0.3, -0.25) is 9.59 Å². The molecule has 1 aromatic carbocycles. The summed E-state index contributed by atoms with van der Waals surface area (Å²) in [6.07, 6.45) is 3.22. The van der Waals surface area contributed by atoms with Crippen molar-refractivity contribution in [3.63, 3.8) is 0 Å². The second-order valence-corrected chi connectivity index (χ2v) is 5.26. The third-order valence-corrected chi connectivity index (χ3v) is 3.66. The molecule has 0 aromatic heterocycles. The van der Waals surface area contributed by atoms with Crippen molar-refractivity contribution in [1.29, 1.82) is 0 Å². The number of carbonyl (C=O) groups excluding carboxylic acids is 2. The molecule has 1 aliphatic rings. The van der Waals surface area contributed by atoms with Crippen LogP contribution in [0.25, 0.3) is 0 Å². The number of para-hydroxylation sites is 1. The lowest BCUT2D eigenvalue weighted by atomic mass is 10.2. The van der Waals surface area contributed by atoms with Crippen LogP contribution in [0.5, 0.6) is 0 Å². The van der Waals surface area contributed by atoms with Crippen molar-refractivity contribution < 1.29 is 9.59 Å². The maximum atomic E-state index is 12.4. The Bertz CT molecular complexity index is 499. The summed E-state index contributed by atoms with van der Waals surface area (Å²) < 4.78 is 0. The Labute approximate surface area is 120 Å². The van der Waals surface area contributed by atoms with Crippen LogP contribution < -0.4 is 10.2 Å². The van der Waals surface area contributed by atoms with Gasteiger partial charge in [-0.25, -0.2) is 0 Å². The van der Waals surface area contributed by atoms with Gasteiger partial charge in [-0.1, -0.05) is 31.5 Å². The average molecular weight is 274 g/mol. The Morgan fingerprint density at radius 1 is 1.35 bits per heavy atom. The fourth-order valence-corrected chi connectivity index (χ4v) is 2.51. The van der Waals surface area contributed by atoms with Gasteiger partial charge in [-0.05, 0) is 31.4 Å². The Hall–Kier alpha value is -1.84. The molecule has 0 saturated carbocycles. The minimum atomic E-state index is -0.467. The van der Waals surface area contributed by atoms with E-state index in [-0.39, 0.29) is 11.8 Å². The Kier molecular flexibility index (Phi) is 4.77. The number of hydrogen-bond acceptors (Lipinski definition) is 2. The number of carbonyl (C=O) groups is 2. The molecule has 108 valence electrons. The molecule has 4 heteroatoms. The molecule has 1 N–H and O–H groups in total. The lowest BCUT2D eigenvalue weighted by Gasteiger charge is -2.22. The molecule has 0 aliphatic carbocycles. The van der Waals surface area contributed by atoms with Crippen LogP contribution in [0.3, 0.4) is 0 Å². The zero-order valence-electron chi connectivity index (χ0n) is 12.2. The van der Waals surface area contributed by atoms with E-state index < -0.39 is 6.04 Å². The van der Waals surface area contributed by atoms with Crippen molar-refractivity contribution in [3.8, 4) is 0 Å². The highest BCUT2D eigenvalue weighted by Crippen LogP contribution is 2.27. The van der Waals surface area contributed by atoms with E-state index in [1.807, 2.05) is 31.2 Å². The second-order valence-electron chi connectivity index (χ2n) is 5.26. The molecule has 1 aromatic rings. The van der Waals surface area contributed by atoms with Gasteiger partial charge in [0.15, 0.2) is 0 Å². The van der Waals surface area contributed by atoms with E-state index in [1.165, 1.54) is 5.56 Å². The van der Waals surface area contributed by atoms with Crippen LogP contribution in [0, 0.1) is 0 Å². The second kappa shape index (κ2) is 6.55. The van der Waals surface area contributed by atoms with Crippen molar-refractivity contribution >= 4 is 17.5 Å². The first-order valence-electron chi connectivity index (χ1n) is 7.32. The third-order valence-electron chi connectivity index (χ3n) is 3.66. The highest BCUT2D eigenvalue weighted by molar-refractivity contribution is 6.00. The molecule has 0 radical (unpaired) electrons. The van der Waals surface area contributed by atoms with E-state index in [0.717, 1.165) is 24.9 Å². The minimum absolute atomic E-state index is 0.0280. The molecule has 20 heavy (non-hydrogen) atoms. The zero-order valence-corrected chi connectivity index (χ0v) is 12.2. The van der Waals surface area contributed by atoms with Gasteiger partial charge in [-0.2, -0.15) is 0 Å². The van der Waals surface area contributed by atoms with Gasteiger partial charge in [0, 0.05) is 18.7 Å². The predicted molar refractivity (Wildman–Crippen MR) is 79.6 cm³/mol. The summed E-state index contributed by atoms with van der Waals surface area (Å²) in [5, 5.41) is 2.79. The highest BCUT2D eigenvalue weighted by Gasteiger charge is 2.28. The number of hydrogen-bond donors (Lipinski definition) is 1. The van der Waals surface area contributed by atoms with Gasteiger partial charge in [0.2, 0.25) is 11.8 Å². The van der Waals surface area contributed by atoms with Crippen molar-refractivity contribution in [3.05, 3.63) is 29.8 Å². The van der Waals surface area contributed by atoms with Gasteiger partial charge in [0.1, 0.15) is 6.04 Å². The lowest BCUT2D eigenvalue weighted by molar-refractivity contribution is -0.127. The van der Waals surface area contributed by atoms with E-state index in [0.29, 0.717) is 13.0 Å². The lowest BCUT2D eigenvalue weighted by Crippen LogP contribution is -2.46. The molecule has 4 nitrogen and oxygen atoms in total. The maximum Gasteiger partial charge on any atom is 0.249 e. The number of anilines is 1. The molecule has 1 aliphatic heterocycles. The van der Waals surface area contributed by atoms with E-state index in [4.69, 9.17) is 0 Å². The standard InChI is InChI=1S/C16H22N2O2/c1-3-4-9-15(19)17-12(2)16(20)18-11-10-13-7-5-6-8-14(13)18/h5-8,12H,3-4,9-11H2,1-2H3,(H,17,19)/t12-/m0/s1. The summed E-state index contributed by atoms with van der Waals surface area (Å²) in [5.41, 5.74) is 2.18. The van der Waals surface area contributed by atoms with E-state index in [2.05, 4.69) is 5.32 Å². The Balaban J connectivity index is 1.96. The molecule has 0 unspecified atom stereocenters. The van der Waals surface area contributed by atoms with Crippen molar-refractivity contribution in [2.24, 2.45) is 0 Å². The van der Waals surface area contributed by atoms with Gasteiger partial charge < -0.3 is 10.2 Å². The average Bonchev–Trinajstić information content (AvgIpc) is 2.88. The van der Waals surface area contributed by atoms with Crippen LogP contribution >= 0.6 is 0 Å². The van der Waals surface area contributed by atoms with E-state index in [9.17, 15) is 9.59 Å². The first-order valence-corrected chi connectivity index (χ1v) is 7.32. The van der Waals surface area contributed by atoms with Crippen LogP contribution in [0.1, 0.15) is 38.7 Å². The molecule has 1 heterocycles. The smallest absolute Gasteiger partial charge is 0.249 e. The molecule has 0 bridgehead atoms. The number of fused-ring (bicyclic) bond motifs is 1. The Morgan fingerprint density at radius 2 is 2.10 bits per heavy atom. The molecular formula is C16H22N2O2. The number of nitrogens with zero attached hydrogens (tertiary/aromatic N) is 1. The maximum absolute atomic E-state index is 12.4. The van der Waals surface area contributed by atoms with Gasteiger partial charge in [0.25, 0.3) is 0 Å². The highest BCUT2D eigenvalue weighted by atomic mass is 16.2. The quantitative estimate of drug-likeness (QED) is 0.895. The number of amides is 2. The van der Waals surface area contributed by atoms with Gasteiger partial charge in [-0.15, -0.1) is 0 Å². The summed E-state index contributed by atoms with van der Waals surface area (Å²) in [7, 11) is 0. The molecule has 2 amide bonds. The fourth-order valence-electron chi connectivity index (χ4n) is 2.51. The minimum Gasteiger partial charge on any atom is -0.345 e. The van der Waals surface area contributed by atoms with Crippen molar-refractivity contribution in [2.75, 3.05) is 11.4 Å². The summed E-state index contributed by atoms with van der Waals surface area (Å²) in [6.45, 7) is 4.50. The normalized spacial score (nSPS) is 14.8. The first-order chi connectivity index (χ1) is 9.63. The fraction of sp³-hybridized carbons (Fsp3) is 0.500. The van der Waals surface area contributed by atoms with Crippen molar-refractivity contribution in [2.45, 2.75) is 45.6 Å². The molecule has 0 saturated heterocycles. The summed E-state index contributed by atoms with van der Waals surface area (Å²) >= 11 is 0. The molecule has 2 rings (SSSR count). The van der Waals surface area contributed by atoms with Gasteiger partial charge >= 0.3 is 0 Å². The number of unbranched alkanes of at least 4 members (excludes halogenated alkanes) is 1. The number of benzene rings is 1.